The number of carbonyl (C=O) groups excluding carboxylic acids is 3. The summed E-state index contributed by atoms with van der Waals surface area (Å²) in [6, 6.07) is 4.94. The second-order valence-electron chi connectivity index (χ2n) is 7.98. The summed E-state index contributed by atoms with van der Waals surface area (Å²) in [6.45, 7) is 4.73. The lowest BCUT2D eigenvalue weighted by Gasteiger charge is -2.34. The molecule has 1 aliphatic heterocycles. The molecule has 0 bridgehead atoms. The number of likely N-dealkylation sites (tertiary alicyclic amines) is 1. The fourth-order valence-corrected chi connectivity index (χ4v) is 3.96. The third-order valence-corrected chi connectivity index (χ3v) is 6.04. The van der Waals surface area contributed by atoms with E-state index in [0.717, 1.165) is 0 Å². The summed E-state index contributed by atoms with van der Waals surface area (Å²) in [6.07, 6.45) is 0.809. The molecule has 172 valence electrons. The lowest BCUT2D eigenvalue weighted by atomic mass is 9.94. The number of methoxy groups -OCH3 is 1. The number of ether oxygens (including phenoxy) is 1. The van der Waals surface area contributed by atoms with Crippen molar-refractivity contribution in [1.82, 2.24) is 10.2 Å². The predicted octanol–water partition coefficient (Wildman–Crippen LogP) is 1.28. The molecule has 10 nitrogen and oxygen atoms in total. The van der Waals surface area contributed by atoms with Crippen LogP contribution in [0.4, 0.5) is 10.5 Å². The number of nitrogens with zero attached hydrogens (tertiary/aromatic N) is 1. The van der Waals surface area contributed by atoms with Crippen molar-refractivity contribution in [2.45, 2.75) is 44.0 Å². The van der Waals surface area contributed by atoms with E-state index in [1.165, 1.54) is 31.4 Å². The van der Waals surface area contributed by atoms with Gasteiger partial charge in [-0.1, -0.05) is 13.8 Å². The highest BCUT2D eigenvalue weighted by molar-refractivity contribution is 7.89. The van der Waals surface area contributed by atoms with E-state index >= 15 is 0 Å². The van der Waals surface area contributed by atoms with Crippen LogP contribution < -0.4 is 15.8 Å². The van der Waals surface area contributed by atoms with Gasteiger partial charge in [0, 0.05) is 24.7 Å². The Morgan fingerprint density at radius 2 is 1.74 bits per heavy atom. The average Bonchev–Trinajstić information content (AvgIpc) is 2.72. The van der Waals surface area contributed by atoms with Crippen LogP contribution in [0.3, 0.4) is 0 Å². The van der Waals surface area contributed by atoms with Gasteiger partial charge in [-0.05, 0) is 49.4 Å². The van der Waals surface area contributed by atoms with E-state index < -0.39 is 22.2 Å². The number of piperidine rings is 1. The van der Waals surface area contributed by atoms with Gasteiger partial charge in [0.2, 0.25) is 21.8 Å². The monoisotopic (exact) mass is 454 g/mol. The summed E-state index contributed by atoms with van der Waals surface area (Å²) in [5.74, 6) is -0.451. The summed E-state index contributed by atoms with van der Waals surface area (Å²) in [4.78, 5) is 38.6. The number of nitrogens with one attached hydrogen (secondary N) is 2. The minimum absolute atomic E-state index is 0.0335. The minimum atomic E-state index is -3.79. The molecule has 1 heterocycles. The van der Waals surface area contributed by atoms with E-state index in [0.29, 0.717) is 38.0 Å². The summed E-state index contributed by atoms with van der Waals surface area (Å²) in [5, 5.41) is 10.4. The molecule has 2 rings (SSSR count). The maximum absolute atomic E-state index is 12.9. The summed E-state index contributed by atoms with van der Waals surface area (Å²) >= 11 is 0. The van der Waals surface area contributed by atoms with Gasteiger partial charge in [0.1, 0.15) is 6.04 Å². The smallest absolute Gasteiger partial charge is 0.407 e. The van der Waals surface area contributed by atoms with Crippen molar-refractivity contribution in [3.63, 3.8) is 0 Å². The number of sulfonamides is 1. The van der Waals surface area contributed by atoms with Gasteiger partial charge in [-0.3, -0.25) is 9.59 Å². The molecule has 0 aliphatic carbocycles. The molecular weight excluding hydrogens is 424 g/mol. The minimum Gasteiger partial charge on any atom is -0.453 e. The molecule has 1 aromatic rings. The Bertz CT molecular complexity index is 893. The largest absolute Gasteiger partial charge is 0.453 e. The molecule has 1 fully saturated rings. The number of carbonyl (C=O) groups is 3. The van der Waals surface area contributed by atoms with Crippen molar-refractivity contribution in [1.29, 1.82) is 0 Å². The third-order valence-electron chi connectivity index (χ3n) is 5.11. The maximum Gasteiger partial charge on any atom is 0.407 e. The zero-order valence-electron chi connectivity index (χ0n) is 18.0. The molecular formula is C20H30N4O6S. The van der Waals surface area contributed by atoms with Crippen LogP contribution in [-0.2, 0) is 24.3 Å². The molecule has 0 spiro atoms. The first kappa shape index (κ1) is 24.6. The second kappa shape index (κ2) is 10.6. The number of nitrogens with two attached hydrogens (primary N) is 1. The summed E-state index contributed by atoms with van der Waals surface area (Å²) in [7, 11) is -2.54. The van der Waals surface area contributed by atoms with E-state index in [1.807, 2.05) is 13.8 Å². The highest BCUT2D eigenvalue weighted by Crippen LogP contribution is 2.22. The van der Waals surface area contributed by atoms with Crippen LogP contribution in [0.25, 0.3) is 0 Å². The van der Waals surface area contributed by atoms with Crippen LogP contribution in [0, 0.1) is 11.8 Å². The number of benzene rings is 1. The number of primary sulfonamides is 1. The average molecular weight is 455 g/mol. The van der Waals surface area contributed by atoms with E-state index in [4.69, 9.17) is 5.14 Å². The predicted molar refractivity (Wildman–Crippen MR) is 115 cm³/mol. The van der Waals surface area contributed by atoms with Crippen LogP contribution in [0.5, 0.6) is 0 Å². The van der Waals surface area contributed by atoms with Crippen molar-refractivity contribution in [3.8, 4) is 0 Å². The Morgan fingerprint density at radius 1 is 1.16 bits per heavy atom. The van der Waals surface area contributed by atoms with Gasteiger partial charge >= 0.3 is 6.09 Å². The van der Waals surface area contributed by atoms with Crippen molar-refractivity contribution in [2.24, 2.45) is 17.0 Å². The normalized spacial score (nSPS) is 16.0. The molecule has 11 heteroatoms. The van der Waals surface area contributed by atoms with Gasteiger partial charge in [0.25, 0.3) is 0 Å². The first-order valence-corrected chi connectivity index (χ1v) is 11.6. The highest BCUT2D eigenvalue weighted by atomic mass is 32.2. The lowest BCUT2D eigenvalue weighted by Crippen LogP contribution is -2.51. The highest BCUT2D eigenvalue weighted by Gasteiger charge is 2.32. The number of hydrogen-bond donors (Lipinski definition) is 3. The first-order valence-electron chi connectivity index (χ1n) is 10.1. The third kappa shape index (κ3) is 7.21. The molecule has 0 aromatic heterocycles. The van der Waals surface area contributed by atoms with Crippen LogP contribution in [0.15, 0.2) is 29.2 Å². The quantitative estimate of drug-likeness (QED) is 0.565. The molecule has 0 saturated carbocycles. The second-order valence-corrected chi connectivity index (χ2v) is 9.54. The maximum atomic E-state index is 12.9. The Hall–Kier alpha value is -2.66. The fraction of sp³-hybridized carbons (Fsp3) is 0.550. The Morgan fingerprint density at radius 3 is 2.23 bits per heavy atom. The van der Waals surface area contributed by atoms with Gasteiger partial charge in [-0.15, -0.1) is 0 Å². The van der Waals surface area contributed by atoms with Crippen LogP contribution in [0.1, 0.15) is 33.1 Å². The molecule has 1 saturated heterocycles. The SMILES string of the molecule is COC(=O)NC(CC(C)C)C(=O)N1CCC(C(=O)Nc2ccc(S(N)(=O)=O)cc2)CC1. The van der Waals surface area contributed by atoms with Crippen LogP contribution in [-0.4, -0.2) is 57.5 Å². The molecule has 4 N–H and O–H groups in total. The van der Waals surface area contributed by atoms with Crippen molar-refractivity contribution in [3.05, 3.63) is 24.3 Å². The number of rotatable bonds is 7. The molecule has 1 aromatic carbocycles. The van der Waals surface area contributed by atoms with Crippen LogP contribution in [0.2, 0.25) is 0 Å². The van der Waals surface area contributed by atoms with Gasteiger partial charge in [0.05, 0.1) is 12.0 Å². The van der Waals surface area contributed by atoms with Gasteiger partial charge < -0.3 is 20.3 Å². The van der Waals surface area contributed by atoms with E-state index in [2.05, 4.69) is 15.4 Å². The van der Waals surface area contributed by atoms with E-state index in [9.17, 15) is 22.8 Å². The molecule has 0 radical (unpaired) electrons. The Balaban J connectivity index is 1.92. The Kier molecular flexibility index (Phi) is 8.40. The first-order chi connectivity index (χ1) is 14.5. The van der Waals surface area contributed by atoms with Crippen molar-refractivity contribution < 1.29 is 27.5 Å². The number of hydrogen-bond acceptors (Lipinski definition) is 6. The molecule has 31 heavy (non-hydrogen) atoms. The molecule has 1 aliphatic rings. The zero-order valence-corrected chi connectivity index (χ0v) is 18.8. The van der Waals surface area contributed by atoms with Gasteiger partial charge in [0.15, 0.2) is 0 Å². The van der Waals surface area contributed by atoms with E-state index in [-0.39, 0.29) is 28.5 Å². The summed E-state index contributed by atoms with van der Waals surface area (Å²) < 4.78 is 27.2. The van der Waals surface area contributed by atoms with Crippen LogP contribution >= 0.6 is 0 Å². The molecule has 3 amide bonds. The lowest BCUT2D eigenvalue weighted by molar-refractivity contribution is -0.136. The number of alkyl carbamates (subject to hydrolysis) is 1. The summed E-state index contributed by atoms with van der Waals surface area (Å²) in [5.41, 5.74) is 0.468. The standard InChI is InChI=1S/C20H30N4O6S/c1-13(2)12-17(23-20(27)30-3)19(26)24-10-8-14(9-11-24)18(25)22-15-4-6-16(7-5-15)31(21,28)29/h4-7,13-14,17H,8-12H2,1-3H3,(H,22,25)(H,23,27)(H2,21,28,29). The molecule has 1 unspecified atom stereocenters. The van der Waals surface area contributed by atoms with Crippen molar-refractivity contribution >= 4 is 33.6 Å². The zero-order chi connectivity index (χ0) is 23.2. The Labute approximate surface area is 182 Å². The van der Waals surface area contributed by atoms with Gasteiger partial charge in [-0.2, -0.15) is 0 Å². The number of anilines is 1. The topological polar surface area (TPSA) is 148 Å². The van der Waals surface area contributed by atoms with E-state index in [1.54, 1.807) is 4.90 Å². The number of amides is 3. The fourth-order valence-electron chi connectivity index (χ4n) is 3.45. The van der Waals surface area contributed by atoms with Crippen molar-refractivity contribution in [2.75, 3.05) is 25.5 Å². The molecule has 1 atom stereocenters. The van der Waals surface area contributed by atoms with Gasteiger partial charge in [-0.25, -0.2) is 18.4 Å².